The molecule has 0 radical (unpaired) electrons. The lowest BCUT2D eigenvalue weighted by atomic mass is 10.0. The number of aliphatic hydroxyl groups is 1. The fourth-order valence-electron chi connectivity index (χ4n) is 2.12. The van der Waals surface area contributed by atoms with Crippen molar-refractivity contribution >= 4 is 11.9 Å². The molecule has 0 unspecified atom stereocenters. The lowest BCUT2D eigenvalue weighted by Crippen LogP contribution is -2.51. The summed E-state index contributed by atoms with van der Waals surface area (Å²) in [5.74, 6) is -1.85. The van der Waals surface area contributed by atoms with Crippen LogP contribution in [0, 0.1) is 0 Å². The zero-order valence-corrected chi connectivity index (χ0v) is 12.7. The largest absolute Gasteiger partial charge is 0.480 e. The molecule has 1 amide bonds. The standard InChI is InChI=1S/C16H24N2O4/c1-2-3-9-13(16(21)22)18-15(20)14(19)12(17)10-11-7-5-4-6-8-11/h4-8,12-14,19H,2-3,9-10,17H2,1H3,(H,18,20)(H,21,22)/t12-,13+,14+/m1/s1. The monoisotopic (exact) mass is 308 g/mol. The van der Waals surface area contributed by atoms with Crippen molar-refractivity contribution < 1.29 is 19.8 Å². The minimum Gasteiger partial charge on any atom is -0.480 e. The van der Waals surface area contributed by atoms with Gasteiger partial charge in [0.1, 0.15) is 12.1 Å². The fourth-order valence-corrected chi connectivity index (χ4v) is 2.12. The molecule has 0 aliphatic rings. The summed E-state index contributed by atoms with van der Waals surface area (Å²) >= 11 is 0. The molecule has 0 saturated heterocycles. The molecule has 0 bridgehead atoms. The van der Waals surface area contributed by atoms with Crippen LogP contribution in [0.1, 0.15) is 31.7 Å². The molecule has 6 heteroatoms. The Bertz CT molecular complexity index is 478. The number of benzene rings is 1. The zero-order chi connectivity index (χ0) is 16.5. The van der Waals surface area contributed by atoms with Gasteiger partial charge in [-0.3, -0.25) is 4.79 Å². The lowest BCUT2D eigenvalue weighted by molar-refractivity contribution is -0.143. The van der Waals surface area contributed by atoms with Crippen molar-refractivity contribution in [3.63, 3.8) is 0 Å². The summed E-state index contributed by atoms with van der Waals surface area (Å²) in [5, 5.41) is 21.4. The molecular weight excluding hydrogens is 284 g/mol. The SMILES string of the molecule is CCCC[C@H](NC(=O)[C@@H](O)[C@H](N)Cc1ccccc1)C(=O)O. The Morgan fingerprint density at radius 3 is 2.45 bits per heavy atom. The maximum atomic E-state index is 11.9. The second kappa shape index (κ2) is 9.17. The van der Waals surface area contributed by atoms with E-state index in [2.05, 4.69) is 5.32 Å². The third kappa shape index (κ3) is 5.83. The number of nitrogens with two attached hydrogens (primary N) is 1. The molecule has 0 heterocycles. The van der Waals surface area contributed by atoms with Gasteiger partial charge < -0.3 is 21.3 Å². The van der Waals surface area contributed by atoms with E-state index >= 15 is 0 Å². The van der Waals surface area contributed by atoms with E-state index in [-0.39, 0.29) is 0 Å². The van der Waals surface area contributed by atoms with Crippen molar-refractivity contribution in [1.29, 1.82) is 0 Å². The topological polar surface area (TPSA) is 113 Å². The van der Waals surface area contributed by atoms with E-state index in [1.54, 1.807) is 0 Å². The molecular formula is C16H24N2O4. The number of hydrogen-bond acceptors (Lipinski definition) is 4. The van der Waals surface area contributed by atoms with Gasteiger partial charge in [0.2, 0.25) is 0 Å². The van der Waals surface area contributed by atoms with Gasteiger partial charge in [-0.2, -0.15) is 0 Å². The molecule has 22 heavy (non-hydrogen) atoms. The van der Waals surface area contributed by atoms with E-state index in [9.17, 15) is 14.7 Å². The number of rotatable bonds is 9. The molecule has 1 aromatic rings. The second-order valence-corrected chi connectivity index (χ2v) is 5.34. The Labute approximate surface area is 130 Å². The molecule has 0 aromatic heterocycles. The highest BCUT2D eigenvalue weighted by molar-refractivity contribution is 5.86. The first kappa shape index (κ1) is 18.1. The van der Waals surface area contributed by atoms with E-state index in [1.165, 1.54) is 0 Å². The molecule has 0 spiro atoms. The summed E-state index contributed by atoms with van der Waals surface area (Å²) < 4.78 is 0. The Morgan fingerprint density at radius 2 is 1.91 bits per heavy atom. The van der Waals surface area contributed by atoms with Gasteiger partial charge in [-0.25, -0.2) is 4.79 Å². The van der Waals surface area contributed by atoms with Gasteiger partial charge in [0.25, 0.3) is 5.91 Å². The molecule has 0 fully saturated rings. The quantitative estimate of drug-likeness (QED) is 0.536. The molecule has 0 saturated carbocycles. The molecule has 1 rings (SSSR count). The molecule has 1 aromatic carbocycles. The van der Waals surface area contributed by atoms with Crippen molar-refractivity contribution in [1.82, 2.24) is 5.32 Å². The Balaban J connectivity index is 2.57. The Kier molecular flexibility index (Phi) is 7.56. The van der Waals surface area contributed by atoms with E-state index in [0.29, 0.717) is 19.3 Å². The number of aliphatic carboxylic acids is 1. The summed E-state index contributed by atoms with van der Waals surface area (Å²) in [5.41, 5.74) is 6.75. The average Bonchev–Trinajstić information content (AvgIpc) is 2.51. The Hall–Kier alpha value is -1.92. The van der Waals surface area contributed by atoms with Crippen LogP contribution in [-0.4, -0.2) is 40.3 Å². The number of carboxylic acid groups (broad SMARTS) is 1. The van der Waals surface area contributed by atoms with Gasteiger partial charge in [-0.15, -0.1) is 0 Å². The predicted octanol–water partition coefficient (Wildman–Crippen LogP) is 0.677. The van der Waals surface area contributed by atoms with Gasteiger partial charge in [0.15, 0.2) is 0 Å². The second-order valence-electron chi connectivity index (χ2n) is 5.34. The summed E-state index contributed by atoms with van der Waals surface area (Å²) in [6, 6.07) is 7.48. The van der Waals surface area contributed by atoms with Crippen LogP contribution >= 0.6 is 0 Å². The van der Waals surface area contributed by atoms with Gasteiger partial charge in [0, 0.05) is 6.04 Å². The van der Waals surface area contributed by atoms with E-state index in [1.807, 2.05) is 37.3 Å². The lowest BCUT2D eigenvalue weighted by Gasteiger charge is -2.21. The zero-order valence-electron chi connectivity index (χ0n) is 12.7. The van der Waals surface area contributed by atoms with E-state index in [0.717, 1.165) is 12.0 Å². The predicted molar refractivity (Wildman–Crippen MR) is 83.2 cm³/mol. The number of hydrogen-bond donors (Lipinski definition) is 4. The molecule has 3 atom stereocenters. The van der Waals surface area contributed by atoms with E-state index in [4.69, 9.17) is 10.8 Å². The number of aliphatic hydroxyl groups excluding tert-OH is 1. The van der Waals surface area contributed by atoms with Crippen molar-refractivity contribution in [2.24, 2.45) is 5.73 Å². The molecule has 0 aliphatic heterocycles. The van der Waals surface area contributed by atoms with Crippen molar-refractivity contribution in [3.05, 3.63) is 35.9 Å². The summed E-state index contributed by atoms with van der Waals surface area (Å²) in [4.78, 5) is 23.0. The summed E-state index contributed by atoms with van der Waals surface area (Å²) in [6.07, 6.45) is 0.739. The number of carbonyl (C=O) groups excluding carboxylic acids is 1. The first-order valence-electron chi connectivity index (χ1n) is 7.46. The average molecular weight is 308 g/mol. The van der Waals surface area contributed by atoms with Crippen molar-refractivity contribution in [2.75, 3.05) is 0 Å². The van der Waals surface area contributed by atoms with Crippen molar-refractivity contribution in [2.45, 2.75) is 50.8 Å². The van der Waals surface area contributed by atoms with Crippen molar-refractivity contribution in [3.8, 4) is 0 Å². The van der Waals surface area contributed by atoms with Crippen LogP contribution in [0.3, 0.4) is 0 Å². The fraction of sp³-hybridized carbons (Fsp3) is 0.500. The highest BCUT2D eigenvalue weighted by Gasteiger charge is 2.27. The minimum absolute atomic E-state index is 0.332. The maximum Gasteiger partial charge on any atom is 0.326 e. The van der Waals surface area contributed by atoms with Crippen LogP contribution in [0.4, 0.5) is 0 Å². The van der Waals surface area contributed by atoms with Crippen LogP contribution < -0.4 is 11.1 Å². The highest BCUT2D eigenvalue weighted by atomic mass is 16.4. The smallest absolute Gasteiger partial charge is 0.326 e. The number of unbranched alkanes of at least 4 members (excludes halogenated alkanes) is 1. The van der Waals surface area contributed by atoms with E-state index < -0.39 is 30.1 Å². The number of carbonyl (C=O) groups is 2. The Morgan fingerprint density at radius 1 is 1.27 bits per heavy atom. The van der Waals surface area contributed by atoms with Crippen LogP contribution in [0.5, 0.6) is 0 Å². The van der Waals surface area contributed by atoms with Gasteiger partial charge in [-0.1, -0.05) is 50.1 Å². The van der Waals surface area contributed by atoms with Gasteiger partial charge in [0.05, 0.1) is 0 Å². The molecule has 6 nitrogen and oxygen atoms in total. The molecule has 0 aliphatic carbocycles. The third-order valence-corrected chi connectivity index (χ3v) is 3.45. The van der Waals surface area contributed by atoms with Crippen LogP contribution in [0.25, 0.3) is 0 Å². The van der Waals surface area contributed by atoms with Crippen LogP contribution in [0.15, 0.2) is 30.3 Å². The first-order chi connectivity index (χ1) is 10.5. The summed E-state index contributed by atoms with van der Waals surface area (Å²) in [6.45, 7) is 1.94. The van der Waals surface area contributed by atoms with Crippen LogP contribution in [0.2, 0.25) is 0 Å². The number of carboxylic acids is 1. The minimum atomic E-state index is -1.44. The number of nitrogens with one attached hydrogen (secondary N) is 1. The summed E-state index contributed by atoms with van der Waals surface area (Å²) in [7, 11) is 0. The highest BCUT2D eigenvalue weighted by Crippen LogP contribution is 2.06. The molecule has 5 N–H and O–H groups in total. The van der Waals surface area contributed by atoms with Gasteiger partial charge in [-0.05, 0) is 18.4 Å². The molecule has 122 valence electrons. The number of amides is 1. The maximum absolute atomic E-state index is 11.9. The first-order valence-corrected chi connectivity index (χ1v) is 7.46. The third-order valence-electron chi connectivity index (χ3n) is 3.45. The van der Waals surface area contributed by atoms with Crippen LogP contribution in [-0.2, 0) is 16.0 Å². The normalized spacial score (nSPS) is 14.9. The van der Waals surface area contributed by atoms with Gasteiger partial charge >= 0.3 is 5.97 Å².